The molecule has 1 aliphatic rings. The summed E-state index contributed by atoms with van der Waals surface area (Å²) < 4.78 is 0. The molecule has 0 unspecified atom stereocenters. The maximum absolute atomic E-state index is 9.21. The van der Waals surface area contributed by atoms with Crippen molar-refractivity contribution in [2.75, 3.05) is 39.3 Å². The Balaban J connectivity index is 1.74. The first-order chi connectivity index (χ1) is 8.28. The third kappa shape index (κ3) is 3.72. The molecule has 0 spiro atoms. The van der Waals surface area contributed by atoms with Crippen molar-refractivity contribution >= 4 is 0 Å². The van der Waals surface area contributed by atoms with Crippen LogP contribution in [0.25, 0.3) is 0 Å². The number of rotatable bonds is 4. The minimum atomic E-state index is 0.352. The molecular formula is C14H22N2O. The number of aromatic hydroxyl groups is 1. The van der Waals surface area contributed by atoms with Crippen molar-refractivity contribution in [2.45, 2.75) is 13.3 Å². The first-order valence-corrected chi connectivity index (χ1v) is 6.50. The number of benzene rings is 1. The predicted octanol–water partition coefficient (Wildman–Crippen LogP) is 1.57. The molecule has 1 fully saturated rings. The molecule has 94 valence electrons. The van der Waals surface area contributed by atoms with E-state index in [9.17, 15) is 5.11 Å². The Labute approximate surface area is 104 Å². The van der Waals surface area contributed by atoms with Crippen LogP contribution in [-0.4, -0.2) is 54.2 Å². The van der Waals surface area contributed by atoms with Gasteiger partial charge in [-0.25, -0.2) is 0 Å². The van der Waals surface area contributed by atoms with Crippen molar-refractivity contribution in [3.05, 3.63) is 29.8 Å². The van der Waals surface area contributed by atoms with E-state index in [0.717, 1.165) is 13.0 Å². The summed E-state index contributed by atoms with van der Waals surface area (Å²) in [5.74, 6) is 0.352. The van der Waals surface area contributed by atoms with Crippen LogP contribution in [0.2, 0.25) is 0 Å². The average Bonchev–Trinajstić information content (AvgIpc) is 2.39. The highest BCUT2D eigenvalue weighted by atomic mass is 16.3. The van der Waals surface area contributed by atoms with Crippen LogP contribution < -0.4 is 0 Å². The fourth-order valence-corrected chi connectivity index (χ4v) is 2.28. The number of phenolic OH excluding ortho intramolecular Hbond substituents is 1. The van der Waals surface area contributed by atoms with Gasteiger partial charge in [0.1, 0.15) is 5.75 Å². The monoisotopic (exact) mass is 234 g/mol. The third-order valence-electron chi connectivity index (χ3n) is 3.57. The zero-order valence-electron chi connectivity index (χ0n) is 10.6. The van der Waals surface area contributed by atoms with Crippen LogP contribution in [0.3, 0.4) is 0 Å². The van der Waals surface area contributed by atoms with E-state index in [-0.39, 0.29) is 0 Å². The highest BCUT2D eigenvalue weighted by Gasteiger charge is 2.14. The normalized spacial score (nSPS) is 18.4. The van der Waals surface area contributed by atoms with E-state index in [1.807, 2.05) is 12.1 Å². The van der Waals surface area contributed by atoms with Crippen molar-refractivity contribution in [3.63, 3.8) is 0 Å². The zero-order valence-corrected chi connectivity index (χ0v) is 10.6. The van der Waals surface area contributed by atoms with Crippen LogP contribution in [0.5, 0.6) is 5.75 Å². The number of piperazine rings is 1. The van der Waals surface area contributed by atoms with E-state index < -0.39 is 0 Å². The summed E-state index contributed by atoms with van der Waals surface area (Å²) in [6.07, 6.45) is 1.08. The minimum Gasteiger partial charge on any atom is -0.508 e. The zero-order chi connectivity index (χ0) is 12.1. The molecule has 2 rings (SSSR count). The number of phenols is 1. The van der Waals surface area contributed by atoms with Crippen LogP contribution in [0.4, 0.5) is 0 Å². The van der Waals surface area contributed by atoms with Gasteiger partial charge in [0, 0.05) is 32.7 Å². The fourth-order valence-electron chi connectivity index (χ4n) is 2.28. The van der Waals surface area contributed by atoms with Crippen molar-refractivity contribution < 1.29 is 5.11 Å². The summed E-state index contributed by atoms with van der Waals surface area (Å²) in [7, 11) is 0. The summed E-state index contributed by atoms with van der Waals surface area (Å²) in [4.78, 5) is 5.02. The largest absolute Gasteiger partial charge is 0.508 e. The Kier molecular flexibility index (Phi) is 4.40. The topological polar surface area (TPSA) is 26.7 Å². The van der Waals surface area contributed by atoms with Crippen molar-refractivity contribution in [2.24, 2.45) is 0 Å². The molecule has 1 aromatic rings. The van der Waals surface area contributed by atoms with Crippen LogP contribution in [0.1, 0.15) is 12.5 Å². The lowest BCUT2D eigenvalue weighted by molar-refractivity contribution is 0.138. The highest BCUT2D eigenvalue weighted by molar-refractivity contribution is 5.25. The minimum absolute atomic E-state index is 0.352. The van der Waals surface area contributed by atoms with Gasteiger partial charge in [-0.05, 0) is 30.7 Å². The van der Waals surface area contributed by atoms with Crippen LogP contribution in [0, 0.1) is 0 Å². The van der Waals surface area contributed by atoms with Gasteiger partial charge in [-0.3, -0.25) is 0 Å². The molecule has 1 aromatic carbocycles. The first-order valence-electron chi connectivity index (χ1n) is 6.50. The second-order valence-corrected chi connectivity index (χ2v) is 4.69. The van der Waals surface area contributed by atoms with E-state index in [4.69, 9.17) is 0 Å². The van der Waals surface area contributed by atoms with Gasteiger partial charge < -0.3 is 14.9 Å². The van der Waals surface area contributed by atoms with E-state index in [2.05, 4.69) is 16.7 Å². The maximum Gasteiger partial charge on any atom is 0.115 e. The summed E-state index contributed by atoms with van der Waals surface area (Å²) in [6, 6.07) is 7.56. The number of hydrogen-bond donors (Lipinski definition) is 1. The molecule has 0 saturated carbocycles. The molecule has 0 atom stereocenters. The Bertz CT molecular complexity index is 329. The quantitative estimate of drug-likeness (QED) is 0.856. The molecule has 17 heavy (non-hydrogen) atoms. The van der Waals surface area contributed by atoms with Gasteiger partial charge in [-0.2, -0.15) is 0 Å². The van der Waals surface area contributed by atoms with Gasteiger partial charge in [0.2, 0.25) is 0 Å². The average molecular weight is 234 g/mol. The molecule has 0 amide bonds. The molecular weight excluding hydrogens is 212 g/mol. The van der Waals surface area contributed by atoms with E-state index >= 15 is 0 Å². The molecule has 0 aliphatic carbocycles. The van der Waals surface area contributed by atoms with Gasteiger partial charge in [0.25, 0.3) is 0 Å². The Morgan fingerprint density at radius 2 is 1.59 bits per heavy atom. The van der Waals surface area contributed by atoms with Crippen molar-refractivity contribution in [1.82, 2.24) is 9.80 Å². The van der Waals surface area contributed by atoms with Crippen molar-refractivity contribution in [3.8, 4) is 5.75 Å². The molecule has 3 nitrogen and oxygen atoms in total. The van der Waals surface area contributed by atoms with Gasteiger partial charge in [-0.1, -0.05) is 19.1 Å². The lowest BCUT2D eigenvalue weighted by Crippen LogP contribution is -2.46. The molecule has 1 saturated heterocycles. The second-order valence-electron chi connectivity index (χ2n) is 4.69. The number of nitrogens with zero attached hydrogens (tertiary/aromatic N) is 2. The maximum atomic E-state index is 9.21. The second kappa shape index (κ2) is 6.03. The smallest absolute Gasteiger partial charge is 0.115 e. The lowest BCUT2D eigenvalue weighted by atomic mass is 10.1. The molecule has 0 radical (unpaired) electrons. The SMILES string of the molecule is CCN1CCN(CCc2ccc(O)cc2)CC1. The summed E-state index contributed by atoms with van der Waals surface area (Å²) in [6.45, 7) is 9.30. The van der Waals surface area contributed by atoms with Crippen molar-refractivity contribution in [1.29, 1.82) is 0 Å². The molecule has 1 N–H and O–H groups in total. The third-order valence-corrected chi connectivity index (χ3v) is 3.57. The molecule has 3 heteroatoms. The van der Waals surface area contributed by atoms with Crippen LogP contribution in [-0.2, 0) is 6.42 Å². The molecule has 0 aromatic heterocycles. The number of hydrogen-bond acceptors (Lipinski definition) is 3. The predicted molar refractivity (Wildman–Crippen MR) is 70.4 cm³/mol. The van der Waals surface area contributed by atoms with Gasteiger partial charge in [0.15, 0.2) is 0 Å². The molecule has 1 aliphatic heterocycles. The van der Waals surface area contributed by atoms with E-state index in [0.29, 0.717) is 5.75 Å². The fraction of sp³-hybridized carbons (Fsp3) is 0.571. The highest BCUT2D eigenvalue weighted by Crippen LogP contribution is 2.11. The molecule has 0 bridgehead atoms. The Hall–Kier alpha value is -1.06. The number of likely N-dealkylation sites (N-methyl/N-ethyl adjacent to an activating group) is 1. The standard InChI is InChI=1S/C14H22N2O/c1-2-15-9-11-16(12-10-15)8-7-13-3-5-14(17)6-4-13/h3-6,17H,2,7-12H2,1H3. The van der Waals surface area contributed by atoms with Crippen LogP contribution >= 0.6 is 0 Å². The van der Waals surface area contributed by atoms with Gasteiger partial charge in [-0.15, -0.1) is 0 Å². The Morgan fingerprint density at radius 3 is 2.18 bits per heavy atom. The van der Waals surface area contributed by atoms with Crippen LogP contribution in [0.15, 0.2) is 24.3 Å². The Morgan fingerprint density at radius 1 is 1.00 bits per heavy atom. The summed E-state index contributed by atoms with van der Waals surface area (Å²) >= 11 is 0. The van der Waals surface area contributed by atoms with E-state index in [1.54, 1.807) is 12.1 Å². The lowest BCUT2D eigenvalue weighted by Gasteiger charge is -2.34. The summed E-state index contributed by atoms with van der Waals surface area (Å²) in [5, 5.41) is 9.21. The summed E-state index contributed by atoms with van der Waals surface area (Å²) in [5.41, 5.74) is 1.31. The van der Waals surface area contributed by atoms with E-state index in [1.165, 1.54) is 38.3 Å². The van der Waals surface area contributed by atoms with Gasteiger partial charge in [0.05, 0.1) is 0 Å². The first kappa shape index (κ1) is 12.4. The molecule has 1 heterocycles. The van der Waals surface area contributed by atoms with Gasteiger partial charge >= 0.3 is 0 Å².